The average molecular weight is 500 g/mol. The molecule has 1 amide bonds. The fourth-order valence-electron chi connectivity index (χ4n) is 5.24. The number of amides is 1. The number of hydrogen-bond acceptors (Lipinski definition) is 6. The number of carbonyl (C=O) groups is 2. The number of carboxylic acids is 1. The highest BCUT2D eigenvalue weighted by Crippen LogP contribution is 2.42. The number of aromatic carboxylic acids is 1. The summed E-state index contributed by atoms with van der Waals surface area (Å²) in [6.45, 7) is 8.49. The lowest BCUT2D eigenvalue weighted by molar-refractivity contribution is -0.124. The molecular weight excluding hydrogens is 462 g/mol. The van der Waals surface area contributed by atoms with E-state index in [1.54, 1.807) is 18.5 Å². The van der Waals surface area contributed by atoms with Crippen LogP contribution in [-0.2, 0) is 10.2 Å². The maximum atomic E-state index is 14.0. The molecule has 2 aliphatic carbocycles. The first-order valence-electron chi connectivity index (χ1n) is 12.8. The zero-order valence-electron chi connectivity index (χ0n) is 21.2. The summed E-state index contributed by atoms with van der Waals surface area (Å²) in [5, 5.41) is 17.7. The first-order valence-corrected chi connectivity index (χ1v) is 13.6. The van der Waals surface area contributed by atoms with Crippen molar-refractivity contribution >= 4 is 28.9 Å². The summed E-state index contributed by atoms with van der Waals surface area (Å²) < 4.78 is 6.09. The highest BCUT2D eigenvalue weighted by molar-refractivity contribution is 7.14. The second-order valence-electron chi connectivity index (χ2n) is 11.2. The molecule has 0 radical (unpaired) electrons. The van der Waals surface area contributed by atoms with E-state index in [1.807, 2.05) is 11.0 Å². The van der Waals surface area contributed by atoms with Gasteiger partial charge in [0, 0.05) is 22.9 Å². The van der Waals surface area contributed by atoms with Gasteiger partial charge in [0.25, 0.3) is 0 Å². The van der Waals surface area contributed by atoms with Gasteiger partial charge >= 0.3 is 5.97 Å². The summed E-state index contributed by atoms with van der Waals surface area (Å²) in [5.41, 5.74) is 0.394. The summed E-state index contributed by atoms with van der Waals surface area (Å²) in [7, 11) is 0. The van der Waals surface area contributed by atoms with E-state index >= 15 is 0 Å². The lowest BCUT2D eigenvalue weighted by Gasteiger charge is -2.39. The summed E-state index contributed by atoms with van der Waals surface area (Å²) in [6, 6.07) is 3.73. The molecule has 35 heavy (non-hydrogen) atoms. The minimum absolute atomic E-state index is 0.0298. The van der Waals surface area contributed by atoms with Crippen LogP contribution in [0, 0.1) is 11.8 Å². The molecule has 2 heterocycles. The molecular formula is C27H37N3O4S. The molecule has 0 unspecified atom stereocenters. The van der Waals surface area contributed by atoms with Crippen LogP contribution in [0.4, 0.5) is 5.69 Å². The Hall–Kier alpha value is -2.48. The third kappa shape index (κ3) is 6.02. The fourth-order valence-corrected chi connectivity index (χ4v) is 6.29. The molecule has 1 N–H and O–H groups in total. The lowest BCUT2D eigenvalue weighted by Crippen LogP contribution is -2.47. The van der Waals surface area contributed by atoms with Gasteiger partial charge in [0.1, 0.15) is 10.6 Å². The van der Waals surface area contributed by atoms with Crippen LogP contribution in [0.1, 0.15) is 93.6 Å². The van der Waals surface area contributed by atoms with Crippen molar-refractivity contribution < 1.29 is 19.4 Å². The molecule has 4 rings (SSSR count). The Labute approximate surface area is 211 Å². The minimum Gasteiger partial charge on any atom is -0.489 e. The molecule has 0 aromatic carbocycles. The van der Waals surface area contributed by atoms with E-state index in [1.165, 1.54) is 11.3 Å². The SMILES string of the molecule is CC(C)(C)c1cc(N(C(=O)[C@H]2CC[C@H](C)CC2)[C@H]2CC[C@@H](Oc3ccnnc3)CC2)c(C(=O)O)s1. The second kappa shape index (κ2) is 10.6. The molecule has 0 spiro atoms. The van der Waals surface area contributed by atoms with Gasteiger partial charge in [0.15, 0.2) is 0 Å². The van der Waals surface area contributed by atoms with E-state index in [4.69, 9.17) is 4.74 Å². The Morgan fingerprint density at radius 1 is 1.06 bits per heavy atom. The number of carbonyl (C=O) groups excluding carboxylic acids is 1. The largest absolute Gasteiger partial charge is 0.489 e. The summed E-state index contributed by atoms with van der Waals surface area (Å²) in [6.07, 6.45) is 10.3. The molecule has 7 nitrogen and oxygen atoms in total. The average Bonchev–Trinajstić information content (AvgIpc) is 3.27. The van der Waals surface area contributed by atoms with Crippen LogP contribution in [0.25, 0.3) is 0 Å². The van der Waals surface area contributed by atoms with E-state index in [2.05, 4.69) is 37.9 Å². The summed E-state index contributed by atoms with van der Waals surface area (Å²) in [4.78, 5) is 29.4. The van der Waals surface area contributed by atoms with Gasteiger partial charge in [0.2, 0.25) is 5.91 Å². The van der Waals surface area contributed by atoms with E-state index < -0.39 is 5.97 Å². The van der Waals surface area contributed by atoms with E-state index in [0.717, 1.165) is 56.2 Å². The first kappa shape index (κ1) is 25.6. The van der Waals surface area contributed by atoms with Crippen molar-refractivity contribution in [3.05, 3.63) is 34.3 Å². The third-order valence-electron chi connectivity index (χ3n) is 7.38. The summed E-state index contributed by atoms with van der Waals surface area (Å²) in [5.74, 6) is 0.445. The standard InChI is InChI=1S/C27H37N3O4S/c1-17-5-7-18(8-6-17)25(31)30(22-15-23(27(2,3)4)35-24(22)26(32)33)19-9-11-20(12-10-19)34-21-13-14-28-29-16-21/h13-20H,5-12H2,1-4H3,(H,32,33)/t17-,18-,19-,20+. The zero-order chi connectivity index (χ0) is 25.2. The smallest absolute Gasteiger partial charge is 0.348 e. The quantitative estimate of drug-likeness (QED) is 0.517. The zero-order valence-corrected chi connectivity index (χ0v) is 22.0. The van der Waals surface area contributed by atoms with Crippen molar-refractivity contribution in [1.82, 2.24) is 10.2 Å². The van der Waals surface area contributed by atoms with E-state index in [0.29, 0.717) is 17.4 Å². The Kier molecular flexibility index (Phi) is 7.79. The van der Waals surface area contributed by atoms with Crippen molar-refractivity contribution in [2.45, 2.75) is 96.6 Å². The van der Waals surface area contributed by atoms with Crippen molar-refractivity contribution in [1.29, 1.82) is 0 Å². The Bertz CT molecular complexity index is 1020. The van der Waals surface area contributed by atoms with Crippen molar-refractivity contribution in [2.75, 3.05) is 4.90 Å². The van der Waals surface area contributed by atoms with Gasteiger partial charge in [-0.25, -0.2) is 4.79 Å². The number of anilines is 1. The van der Waals surface area contributed by atoms with Gasteiger partial charge in [-0.15, -0.1) is 11.3 Å². The molecule has 2 aliphatic rings. The Morgan fingerprint density at radius 3 is 2.31 bits per heavy atom. The number of thiophene rings is 1. The highest BCUT2D eigenvalue weighted by Gasteiger charge is 2.38. The van der Waals surface area contributed by atoms with Gasteiger partial charge in [-0.3, -0.25) is 4.79 Å². The molecule has 2 aromatic heterocycles. The molecule has 190 valence electrons. The Morgan fingerprint density at radius 2 is 1.74 bits per heavy atom. The second-order valence-corrected chi connectivity index (χ2v) is 12.2. The molecule has 2 saturated carbocycles. The predicted molar refractivity (Wildman–Crippen MR) is 137 cm³/mol. The van der Waals surface area contributed by atoms with E-state index in [9.17, 15) is 14.7 Å². The summed E-state index contributed by atoms with van der Waals surface area (Å²) >= 11 is 1.30. The van der Waals surface area contributed by atoms with Gasteiger partial charge in [-0.05, 0) is 68.8 Å². The molecule has 0 saturated heterocycles. The van der Waals surface area contributed by atoms with Crippen LogP contribution in [0.5, 0.6) is 5.75 Å². The maximum Gasteiger partial charge on any atom is 0.348 e. The molecule has 0 aliphatic heterocycles. The number of carboxylic acid groups (broad SMARTS) is 1. The minimum atomic E-state index is -0.960. The van der Waals surface area contributed by atoms with Crippen LogP contribution < -0.4 is 9.64 Å². The van der Waals surface area contributed by atoms with Crippen LogP contribution in [0.2, 0.25) is 0 Å². The third-order valence-corrected chi connectivity index (χ3v) is 8.91. The van der Waals surface area contributed by atoms with Crippen molar-refractivity contribution in [3.63, 3.8) is 0 Å². The van der Waals surface area contributed by atoms with Gasteiger partial charge < -0.3 is 14.7 Å². The maximum absolute atomic E-state index is 14.0. The normalized spacial score (nSPS) is 25.1. The molecule has 0 atom stereocenters. The monoisotopic (exact) mass is 499 g/mol. The van der Waals surface area contributed by atoms with Crippen LogP contribution in [-0.4, -0.2) is 39.3 Å². The fraction of sp³-hybridized carbons (Fsp3) is 0.630. The van der Waals surface area contributed by atoms with Gasteiger partial charge in [-0.2, -0.15) is 10.2 Å². The molecule has 2 aromatic rings. The van der Waals surface area contributed by atoms with Gasteiger partial charge in [0.05, 0.1) is 24.2 Å². The highest BCUT2D eigenvalue weighted by atomic mass is 32.1. The predicted octanol–water partition coefficient (Wildman–Crippen LogP) is 6.08. The number of ether oxygens (including phenoxy) is 1. The van der Waals surface area contributed by atoms with Crippen LogP contribution >= 0.6 is 11.3 Å². The van der Waals surface area contributed by atoms with Gasteiger partial charge in [-0.1, -0.05) is 27.7 Å². The molecule has 2 fully saturated rings. The van der Waals surface area contributed by atoms with E-state index in [-0.39, 0.29) is 34.3 Å². The van der Waals surface area contributed by atoms with Crippen molar-refractivity contribution in [2.24, 2.45) is 11.8 Å². The number of hydrogen-bond donors (Lipinski definition) is 1. The topological polar surface area (TPSA) is 92.6 Å². The van der Waals surface area contributed by atoms with Crippen molar-refractivity contribution in [3.8, 4) is 5.75 Å². The lowest BCUT2D eigenvalue weighted by atomic mass is 9.81. The van der Waals surface area contributed by atoms with Crippen LogP contribution in [0.15, 0.2) is 24.5 Å². The Balaban J connectivity index is 1.60. The number of nitrogens with zero attached hydrogens (tertiary/aromatic N) is 3. The molecule has 8 heteroatoms. The number of aromatic nitrogens is 2. The first-order chi connectivity index (χ1) is 16.6. The van der Waals surface area contributed by atoms with Crippen LogP contribution in [0.3, 0.4) is 0 Å². The number of rotatable bonds is 6. The molecule has 0 bridgehead atoms.